The normalized spacial score (nSPS) is 18.8. The average Bonchev–Trinajstić information content (AvgIpc) is 3.12. The molecule has 1 saturated heterocycles. The maximum atomic E-state index is 13.8. The number of nitriles is 1. The molecule has 0 radical (unpaired) electrons. The number of aromatic nitrogens is 2. The smallest absolute Gasteiger partial charge is 0.246 e. The molecular formula is C16H17FN4O4S. The molecule has 0 aliphatic carbocycles. The summed E-state index contributed by atoms with van der Waals surface area (Å²) >= 11 is 0. The highest BCUT2D eigenvalue weighted by Gasteiger charge is 2.35. The molecule has 26 heavy (non-hydrogen) atoms. The van der Waals surface area contributed by atoms with E-state index in [1.807, 2.05) is 13.8 Å². The summed E-state index contributed by atoms with van der Waals surface area (Å²) in [5.41, 5.74) is -0.504. The van der Waals surface area contributed by atoms with Crippen LogP contribution >= 0.6 is 0 Å². The molecule has 8 nitrogen and oxygen atoms in total. The van der Waals surface area contributed by atoms with Crippen molar-refractivity contribution < 1.29 is 22.0 Å². The second-order valence-corrected chi connectivity index (χ2v) is 7.99. The Balaban J connectivity index is 1.89. The fraction of sp³-hybridized carbons (Fsp3) is 0.438. The lowest BCUT2D eigenvalue weighted by molar-refractivity contribution is -0.0179. The number of nitrogens with zero attached hydrogens (tertiary/aromatic N) is 4. The van der Waals surface area contributed by atoms with E-state index in [-0.39, 0.29) is 36.4 Å². The fourth-order valence-corrected chi connectivity index (χ4v) is 4.15. The molecule has 0 saturated carbocycles. The van der Waals surface area contributed by atoms with Crippen LogP contribution in [0, 0.1) is 17.1 Å². The van der Waals surface area contributed by atoms with Gasteiger partial charge in [-0.05, 0) is 12.1 Å². The van der Waals surface area contributed by atoms with Crippen LogP contribution in [-0.2, 0) is 14.8 Å². The van der Waals surface area contributed by atoms with E-state index >= 15 is 0 Å². The number of hydrogen-bond donors (Lipinski definition) is 0. The maximum Gasteiger partial charge on any atom is 0.246 e. The summed E-state index contributed by atoms with van der Waals surface area (Å²) in [5.74, 6) is -0.226. The summed E-state index contributed by atoms with van der Waals surface area (Å²) in [6.45, 7) is 3.90. The number of sulfonamides is 1. The van der Waals surface area contributed by atoms with Gasteiger partial charge in [0.05, 0.1) is 6.61 Å². The van der Waals surface area contributed by atoms with Crippen molar-refractivity contribution >= 4 is 10.0 Å². The van der Waals surface area contributed by atoms with Gasteiger partial charge >= 0.3 is 0 Å². The molecule has 1 aromatic carbocycles. The van der Waals surface area contributed by atoms with Gasteiger partial charge in [0.15, 0.2) is 0 Å². The molecule has 10 heteroatoms. The first-order chi connectivity index (χ1) is 12.3. The Labute approximate surface area is 150 Å². The van der Waals surface area contributed by atoms with Crippen molar-refractivity contribution in [3.05, 3.63) is 41.4 Å². The van der Waals surface area contributed by atoms with Crippen LogP contribution in [0.1, 0.15) is 43.2 Å². The summed E-state index contributed by atoms with van der Waals surface area (Å²) < 4.78 is 51.8. The van der Waals surface area contributed by atoms with E-state index in [4.69, 9.17) is 14.4 Å². The van der Waals surface area contributed by atoms with Crippen molar-refractivity contribution in [2.24, 2.45) is 0 Å². The molecule has 0 N–H and O–H groups in total. The van der Waals surface area contributed by atoms with Gasteiger partial charge in [-0.3, -0.25) is 0 Å². The van der Waals surface area contributed by atoms with Crippen molar-refractivity contribution in [1.82, 2.24) is 14.5 Å². The van der Waals surface area contributed by atoms with E-state index in [2.05, 4.69) is 10.2 Å². The Morgan fingerprint density at radius 2 is 2.15 bits per heavy atom. The zero-order valence-corrected chi connectivity index (χ0v) is 15.0. The van der Waals surface area contributed by atoms with Crippen LogP contribution in [0.4, 0.5) is 4.39 Å². The molecule has 3 rings (SSSR count). The van der Waals surface area contributed by atoms with Gasteiger partial charge in [0, 0.05) is 19.0 Å². The average molecular weight is 380 g/mol. The molecule has 1 aromatic heterocycles. The van der Waals surface area contributed by atoms with Crippen LogP contribution in [0.25, 0.3) is 0 Å². The van der Waals surface area contributed by atoms with Gasteiger partial charge in [-0.15, -0.1) is 10.2 Å². The first-order valence-corrected chi connectivity index (χ1v) is 9.42. The van der Waals surface area contributed by atoms with E-state index < -0.39 is 27.5 Å². The molecule has 2 heterocycles. The number of rotatable bonds is 4. The minimum absolute atomic E-state index is 0.0326. The highest BCUT2D eigenvalue weighted by molar-refractivity contribution is 7.89. The van der Waals surface area contributed by atoms with Gasteiger partial charge in [0.2, 0.25) is 21.8 Å². The van der Waals surface area contributed by atoms with Crippen LogP contribution in [0.15, 0.2) is 27.5 Å². The second-order valence-electron chi connectivity index (χ2n) is 6.08. The van der Waals surface area contributed by atoms with Gasteiger partial charge in [0.25, 0.3) is 0 Å². The molecule has 2 aromatic rings. The van der Waals surface area contributed by atoms with Gasteiger partial charge in [0.1, 0.15) is 28.4 Å². The highest BCUT2D eigenvalue weighted by Crippen LogP contribution is 2.28. The summed E-state index contributed by atoms with van der Waals surface area (Å²) in [6, 6.07) is 5.13. The Morgan fingerprint density at radius 3 is 2.81 bits per heavy atom. The Morgan fingerprint density at radius 1 is 1.38 bits per heavy atom. The van der Waals surface area contributed by atoms with Crippen molar-refractivity contribution in [3.8, 4) is 6.07 Å². The summed E-state index contributed by atoms with van der Waals surface area (Å²) in [4.78, 5) is -0.367. The quantitative estimate of drug-likeness (QED) is 0.797. The SMILES string of the molecule is CC(C)c1nnc([C@H]2CN(S(=O)(=O)c3cccc(F)c3C#N)CCO2)o1. The second kappa shape index (κ2) is 7.11. The van der Waals surface area contributed by atoms with E-state index in [0.717, 1.165) is 10.4 Å². The summed E-state index contributed by atoms with van der Waals surface area (Å²) in [5, 5.41) is 17.0. The van der Waals surface area contributed by atoms with E-state index in [0.29, 0.717) is 5.89 Å². The highest BCUT2D eigenvalue weighted by atomic mass is 32.2. The predicted molar refractivity (Wildman–Crippen MR) is 87.0 cm³/mol. The van der Waals surface area contributed by atoms with Crippen molar-refractivity contribution in [3.63, 3.8) is 0 Å². The molecular weight excluding hydrogens is 363 g/mol. The molecule has 1 aliphatic heterocycles. The third-order valence-electron chi connectivity index (χ3n) is 3.96. The lowest BCUT2D eigenvalue weighted by Gasteiger charge is -2.30. The number of benzene rings is 1. The maximum absolute atomic E-state index is 13.8. The van der Waals surface area contributed by atoms with Crippen LogP contribution in [-0.4, -0.2) is 42.6 Å². The van der Waals surface area contributed by atoms with E-state index in [1.54, 1.807) is 6.07 Å². The Kier molecular flexibility index (Phi) is 5.04. The number of morpholine rings is 1. The molecule has 138 valence electrons. The minimum atomic E-state index is -4.08. The standard InChI is InChI=1S/C16H17FN4O4S/c1-10(2)15-19-20-16(25-15)13-9-21(6-7-24-13)26(22,23)14-5-3-4-12(17)11(14)8-18/h3-5,10,13H,6-7,9H2,1-2H3/t13-/m1/s1. The van der Waals surface area contributed by atoms with Gasteiger partial charge in [-0.25, -0.2) is 12.8 Å². The molecule has 0 spiro atoms. The van der Waals surface area contributed by atoms with E-state index in [9.17, 15) is 12.8 Å². The van der Waals surface area contributed by atoms with Crippen LogP contribution in [0.2, 0.25) is 0 Å². The molecule has 0 amide bonds. The van der Waals surface area contributed by atoms with Crippen molar-refractivity contribution in [2.75, 3.05) is 19.7 Å². The first kappa shape index (κ1) is 18.4. The van der Waals surface area contributed by atoms with Gasteiger partial charge in [-0.1, -0.05) is 19.9 Å². The zero-order valence-electron chi connectivity index (χ0n) is 14.2. The molecule has 0 unspecified atom stereocenters. The van der Waals surface area contributed by atoms with Gasteiger partial charge < -0.3 is 9.15 Å². The van der Waals surface area contributed by atoms with Crippen LogP contribution in [0.3, 0.4) is 0 Å². The topological polar surface area (TPSA) is 109 Å². The van der Waals surface area contributed by atoms with Crippen LogP contribution in [0.5, 0.6) is 0 Å². The first-order valence-electron chi connectivity index (χ1n) is 7.98. The predicted octanol–water partition coefficient (Wildman–Crippen LogP) is 1.97. The summed E-state index contributed by atoms with van der Waals surface area (Å²) in [7, 11) is -4.08. The third-order valence-corrected chi connectivity index (χ3v) is 5.87. The third kappa shape index (κ3) is 3.33. The Hall–Kier alpha value is -2.35. The largest absolute Gasteiger partial charge is 0.422 e. The molecule has 1 aliphatic rings. The number of halogens is 1. The van der Waals surface area contributed by atoms with Crippen molar-refractivity contribution in [1.29, 1.82) is 5.26 Å². The monoisotopic (exact) mass is 380 g/mol. The van der Waals surface area contributed by atoms with Gasteiger partial charge in [-0.2, -0.15) is 9.57 Å². The molecule has 1 atom stereocenters. The fourth-order valence-electron chi connectivity index (χ4n) is 2.57. The molecule has 0 bridgehead atoms. The van der Waals surface area contributed by atoms with Crippen LogP contribution < -0.4 is 0 Å². The molecule has 1 fully saturated rings. The lowest BCUT2D eigenvalue weighted by atomic mass is 10.2. The number of ether oxygens (including phenoxy) is 1. The van der Waals surface area contributed by atoms with E-state index in [1.165, 1.54) is 12.1 Å². The lowest BCUT2D eigenvalue weighted by Crippen LogP contribution is -2.42. The Bertz CT molecular complexity index is 951. The van der Waals surface area contributed by atoms with Crippen molar-refractivity contribution in [2.45, 2.75) is 30.8 Å². The summed E-state index contributed by atoms with van der Waals surface area (Å²) in [6.07, 6.45) is -0.724. The number of hydrogen-bond acceptors (Lipinski definition) is 7. The zero-order chi connectivity index (χ0) is 18.9. The minimum Gasteiger partial charge on any atom is -0.422 e.